The van der Waals surface area contributed by atoms with Crippen molar-refractivity contribution in [1.82, 2.24) is 0 Å². The molecule has 0 aromatic carbocycles. The molecular formula is C9H12O4. The molecule has 72 valence electrons. The highest BCUT2D eigenvalue weighted by molar-refractivity contribution is 5.84. The van der Waals surface area contributed by atoms with E-state index in [1.165, 1.54) is 6.08 Å². The first-order valence-corrected chi connectivity index (χ1v) is 4.27. The van der Waals surface area contributed by atoms with Crippen LogP contribution >= 0.6 is 0 Å². The lowest BCUT2D eigenvalue weighted by Gasteiger charge is -2.19. The van der Waals surface area contributed by atoms with E-state index in [9.17, 15) is 4.79 Å². The Morgan fingerprint density at radius 3 is 2.77 bits per heavy atom. The third kappa shape index (κ3) is 1.73. The highest BCUT2D eigenvalue weighted by Gasteiger charge is 2.39. The van der Waals surface area contributed by atoms with Crippen molar-refractivity contribution in [3.63, 3.8) is 0 Å². The van der Waals surface area contributed by atoms with Gasteiger partial charge >= 0.3 is 5.97 Å². The van der Waals surface area contributed by atoms with Gasteiger partial charge in [0, 0.05) is 6.08 Å². The molecule has 2 rings (SSSR count). The molecule has 2 atom stereocenters. The summed E-state index contributed by atoms with van der Waals surface area (Å²) in [5.74, 6) is -0.869. The Hall–Kier alpha value is -0.870. The average Bonchev–Trinajstić information content (AvgIpc) is 2.56. The maximum Gasteiger partial charge on any atom is 0.331 e. The molecule has 0 spiro atoms. The van der Waals surface area contributed by atoms with Gasteiger partial charge in [0.2, 0.25) is 0 Å². The lowest BCUT2D eigenvalue weighted by atomic mass is 10.2. The molecule has 0 N–H and O–H groups in total. The van der Waals surface area contributed by atoms with Crippen LogP contribution in [0, 0.1) is 0 Å². The van der Waals surface area contributed by atoms with Gasteiger partial charge in [-0.15, -0.1) is 0 Å². The number of ether oxygens (including phenoxy) is 3. The Balaban J connectivity index is 1.97. The highest BCUT2D eigenvalue weighted by atomic mass is 16.8. The molecular weight excluding hydrogens is 172 g/mol. The van der Waals surface area contributed by atoms with Gasteiger partial charge in [-0.05, 0) is 19.9 Å². The summed E-state index contributed by atoms with van der Waals surface area (Å²) in [6, 6.07) is 0. The van der Waals surface area contributed by atoms with Crippen molar-refractivity contribution in [3.05, 3.63) is 12.2 Å². The summed E-state index contributed by atoms with van der Waals surface area (Å²) < 4.78 is 15.9. The third-order valence-electron chi connectivity index (χ3n) is 2.07. The zero-order chi connectivity index (χ0) is 9.47. The fourth-order valence-corrected chi connectivity index (χ4v) is 1.46. The van der Waals surface area contributed by atoms with Gasteiger partial charge in [-0.1, -0.05) is 0 Å². The number of carbonyl (C=O) groups excluding carboxylic acids is 1. The van der Waals surface area contributed by atoms with Crippen molar-refractivity contribution in [2.24, 2.45) is 0 Å². The smallest absolute Gasteiger partial charge is 0.331 e. The molecule has 1 saturated heterocycles. The van der Waals surface area contributed by atoms with E-state index in [4.69, 9.17) is 14.2 Å². The van der Waals surface area contributed by atoms with Crippen molar-refractivity contribution in [2.45, 2.75) is 31.8 Å². The van der Waals surface area contributed by atoms with Crippen LogP contribution in [0.4, 0.5) is 0 Å². The summed E-state index contributed by atoms with van der Waals surface area (Å²) in [5.41, 5.74) is 0. The van der Waals surface area contributed by atoms with Crippen molar-refractivity contribution >= 4 is 5.97 Å². The van der Waals surface area contributed by atoms with Crippen LogP contribution in [0.3, 0.4) is 0 Å². The van der Waals surface area contributed by atoms with E-state index >= 15 is 0 Å². The molecule has 13 heavy (non-hydrogen) atoms. The first kappa shape index (κ1) is 8.72. The molecule has 2 aliphatic heterocycles. The zero-order valence-electron chi connectivity index (χ0n) is 7.65. The van der Waals surface area contributed by atoms with Gasteiger partial charge in [-0.3, -0.25) is 0 Å². The maximum atomic E-state index is 10.8. The van der Waals surface area contributed by atoms with Crippen LogP contribution < -0.4 is 0 Å². The van der Waals surface area contributed by atoms with Crippen LogP contribution in [0.15, 0.2) is 12.2 Å². The van der Waals surface area contributed by atoms with Crippen molar-refractivity contribution in [2.75, 3.05) is 6.61 Å². The molecule has 0 saturated carbocycles. The quantitative estimate of drug-likeness (QED) is 0.560. The van der Waals surface area contributed by atoms with Crippen LogP contribution in [-0.4, -0.2) is 30.6 Å². The molecule has 4 nitrogen and oxygen atoms in total. The Morgan fingerprint density at radius 2 is 2.31 bits per heavy atom. The first-order chi connectivity index (χ1) is 6.07. The molecule has 0 aromatic rings. The highest BCUT2D eigenvalue weighted by Crippen LogP contribution is 2.27. The van der Waals surface area contributed by atoms with Crippen molar-refractivity contribution in [3.8, 4) is 0 Å². The van der Waals surface area contributed by atoms with E-state index in [1.54, 1.807) is 6.08 Å². The largest absolute Gasteiger partial charge is 0.452 e. The standard InChI is InChI=1S/C9H12O4/c1-9(2)11-5-7(13-9)6-3-4-8(10)12-6/h3-4,6-7H,5H2,1-2H3. The number of cyclic esters (lactones) is 1. The zero-order valence-corrected chi connectivity index (χ0v) is 7.65. The second kappa shape index (κ2) is 2.82. The van der Waals surface area contributed by atoms with Crippen LogP contribution in [0.2, 0.25) is 0 Å². The normalized spacial score (nSPS) is 36.6. The Bertz CT molecular complexity index is 256. The van der Waals surface area contributed by atoms with Gasteiger partial charge in [-0.25, -0.2) is 4.79 Å². The summed E-state index contributed by atoms with van der Waals surface area (Å²) in [6.07, 6.45) is 2.67. The van der Waals surface area contributed by atoms with Crippen LogP contribution in [0.5, 0.6) is 0 Å². The number of hydrogen-bond acceptors (Lipinski definition) is 4. The van der Waals surface area contributed by atoms with E-state index in [0.29, 0.717) is 6.61 Å². The second-order valence-electron chi connectivity index (χ2n) is 3.63. The van der Waals surface area contributed by atoms with Crippen LogP contribution in [-0.2, 0) is 19.0 Å². The predicted molar refractivity (Wildman–Crippen MR) is 43.9 cm³/mol. The number of esters is 1. The number of hydrogen-bond donors (Lipinski definition) is 0. The van der Waals surface area contributed by atoms with Gasteiger partial charge in [0.25, 0.3) is 0 Å². The van der Waals surface area contributed by atoms with Gasteiger partial charge in [0.05, 0.1) is 6.61 Å². The summed E-state index contributed by atoms with van der Waals surface area (Å²) in [6.45, 7) is 4.15. The molecule has 0 aromatic heterocycles. The number of rotatable bonds is 1. The SMILES string of the molecule is CC1(C)OCC(C2C=CC(=O)O2)O1. The van der Waals surface area contributed by atoms with E-state index in [0.717, 1.165) is 0 Å². The van der Waals surface area contributed by atoms with E-state index in [2.05, 4.69) is 0 Å². The molecule has 0 bridgehead atoms. The van der Waals surface area contributed by atoms with Crippen LogP contribution in [0.1, 0.15) is 13.8 Å². The topological polar surface area (TPSA) is 44.8 Å². The first-order valence-electron chi connectivity index (χ1n) is 4.27. The van der Waals surface area contributed by atoms with Crippen molar-refractivity contribution in [1.29, 1.82) is 0 Å². The maximum absolute atomic E-state index is 10.8. The minimum atomic E-state index is -0.562. The molecule has 0 amide bonds. The van der Waals surface area contributed by atoms with Gasteiger partial charge in [-0.2, -0.15) is 0 Å². The van der Waals surface area contributed by atoms with E-state index in [1.807, 2.05) is 13.8 Å². The van der Waals surface area contributed by atoms with Gasteiger partial charge < -0.3 is 14.2 Å². The summed E-state index contributed by atoms with van der Waals surface area (Å²) in [7, 11) is 0. The lowest BCUT2D eigenvalue weighted by Crippen LogP contribution is -2.30. The molecule has 2 unspecified atom stereocenters. The molecule has 0 radical (unpaired) electrons. The molecule has 2 aliphatic rings. The Kier molecular flexibility index (Phi) is 1.89. The summed E-state index contributed by atoms with van der Waals surface area (Å²) in [5, 5.41) is 0. The summed E-state index contributed by atoms with van der Waals surface area (Å²) >= 11 is 0. The molecule has 4 heteroatoms. The van der Waals surface area contributed by atoms with Gasteiger partial charge in [0.15, 0.2) is 5.79 Å². The monoisotopic (exact) mass is 184 g/mol. The predicted octanol–water partition coefficient (Wildman–Crippen LogP) is 0.619. The van der Waals surface area contributed by atoms with E-state index < -0.39 is 5.79 Å². The Morgan fingerprint density at radius 1 is 1.54 bits per heavy atom. The van der Waals surface area contributed by atoms with Crippen LogP contribution in [0.25, 0.3) is 0 Å². The van der Waals surface area contributed by atoms with Crippen molar-refractivity contribution < 1.29 is 19.0 Å². The minimum absolute atomic E-state index is 0.169. The molecule has 2 heterocycles. The molecule has 0 aliphatic carbocycles. The second-order valence-corrected chi connectivity index (χ2v) is 3.63. The fraction of sp³-hybridized carbons (Fsp3) is 0.667. The molecule has 1 fully saturated rings. The summed E-state index contributed by atoms with van der Waals surface area (Å²) in [4.78, 5) is 10.8. The lowest BCUT2D eigenvalue weighted by molar-refractivity contribution is -0.159. The third-order valence-corrected chi connectivity index (χ3v) is 2.07. The van der Waals surface area contributed by atoms with E-state index in [-0.39, 0.29) is 18.2 Å². The minimum Gasteiger partial charge on any atom is -0.452 e. The average molecular weight is 184 g/mol. The fourth-order valence-electron chi connectivity index (χ4n) is 1.46. The number of carbonyl (C=O) groups is 1. The Labute approximate surface area is 76.5 Å². The van der Waals surface area contributed by atoms with Gasteiger partial charge in [0.1, 0.15) is 12.2 Å².